The van der Waals surface area contributed by atoms with Crippen LogP contribution in [0, 0.1) is 5.92 Å². The first-order valence-electron chi connectivity index (χ1n) is 5.03. The summed E-state index contributed by atoms with van der Waals surface area (Å²) < 4.78 is 0. The molecule has 2 aromatic rings. The Kier molecular flexibility index (Phi) is 3.52. The molecule has 16 heavy (non-hydrogen) atoms. The van der Waals surface area contributed by atoms with Crippen molar-refractivity contribution in [1.82, 2.24) is 0 Å². The van der Waals surface area contributed by atoms with Gasteiger partial charge in [-0.2, -0.15) is 0 Å². The molecular formula is C14H11Cl2. The molecule has 81 valence electrons. The zero-order chi connectivity index (χ0) is 11.5. The van der Waals surface area contributed by atoms with Crippen LogP contribution >= 0.6 is 23.2 Å². The third kappa shape index (κ3) is 2.40. The molecule has 0 saturated carbocycles. The van der Waals surface area contributed by atoms with Crippen LogP contribution in [0.1, 0.15) is 18.1 Å². The van der Waals surface area contributed by atoms with Crippen molar-refractivity contribution in [2.24, 2.45) is 0 Å². The molecule has 0 bridgehead atoms. The summed E-state index contributed by atoms with van der Waals surface area (Å²) in [6, 6.07) is 15.6. The van der Waals surface area contributed by atoms with Gasteiger partial charge in [0.2, 0.25) is 0 Å². The summed E-state index contributed by atoms with van der Waals surface area (Å²) in [5.41, 5.74) is 2.15. The summed E-state index contributed by atoms with van der Waals surface area (Å²) in [6.07, 6.45) is 0. The van der Waals surface area contributed by atoms with E-state index in [4.69, 9.17) is 23.2 Å². The molecular weight excluding hydrogens is 239 g/mol. The maximum Gasteiger partial charge on any atom is 0.0447 e. The maximum atomic E-state index is 6.15. The number of benzene rings is 2. The molecule has 0 heterocycles. The lowest BCUT2D eigenvalue weighted by molar-refractivity contribution is 1.19. The molecule has 2 rings (SSSR count). The van der Waals surface area contributed by atoms with Gasteiger partial charge in [0.05, 0.1) is 0 Å². The standard InChI is InChI=1S/C14H11Cl2/c1-10(11-5-4-6-12(15)9-11)13-7-2-3-8-14(13)16/h2-9H,1H3. The fourth-order valence-electron chi connectivity index (χ4n) is 1.64. The van der Waals surface area contributed by atoms with Crippen LogP contribution in [-0.2, 0) is 0 Å². The largest absolute Gasteiger partial charge is 0.0843 e. The SMILES string of the molecule is C[C](c1cccc(Cl)c1)c1ccccc1Cl. The van der Waals surface area contributed by atoms with Crippen LogP contribution < -0.4 is 0 Å². The molecule has 0 aromatic heterocycles. The summed E-state index contributed by atoms with van der Waals surface area (Å²) in [6.45, 7) is 2.05. The van der Waals surface area contributed by atoms with Crippen LogP contribution in [0.5, 0.6) is 0 Å². The lowest BCUT2D eigenvalue weighted by Gasteiger charge is -2.13. The van der Waals surface area contributed by atoms with Crippen molar-refractivity contribution < 1.29 is 0 Å². The van der Waals surface area contributed by atoms with E-state index in [1.54, 1.807) is 0 Å². The fraction of sp³-hybridized carbons (Fsp3) is 0.0714. The average Bonchev–Trinajstić information content (AvgIpc) is 2.29. The highest BCUT2D eigenvalue weighted by molar-refractivity contribution is 6.31. The van der Waals surface area contributed by atoms with E-state index in [-0.39, 0.29) is 0 Å². The van der Waals surface area contributed by atoms with Gasteiger partial charge in [0.15, 0.2) is 0 Å². The van der Waals surface area contributed by atoms with Crippen molar-refractivity contribution in [1.29, 1.82) is 0 Å². The predicted octanol–water partition coefficient (Wildman–Crippen LogP) is 4.98. The second kappa shape index (κ2) is 4.90. The van der Waals surface area contributed by atoms with Crippen LogP contribution in [0.4, 0.5) is 0 Å². The average molecular weight is 250 g/mol. The Balaban J connectivity index is 2.39. The van der Waals surface area contributed by atoms with Gasteiger partial charge in [-0.1, -0.05) is 60.5 Å². The minimum Gasteiger partial charge on any atom is -0.0843 e. The molecule has 0 spiro atoms. The molecule has 2 aromatic carbocycles. The summed E-state index contributed by atoms with van der Waals surface area (Å²) in [4.78, 5) is 0. The van der Waals surface area contributed by atoms with E-state index >= 15 is 0 Å². The quantitative estimate of drug-likeness (QED) is 0.704. The number of hydrogen-bond acceptors (Lipinski definition) is 0. The van der Waals surface area contributed by atoms with Crippen molar-refractivity contribution in [2.45, 2.75) is 6.92 Å². The molecule has 0 atom stereocenters. The van der Waals surface area contributed by atoms with E-state index in [2.05, 4.69) is 0 Å². The topological polar surface area (TPSA) is 0 Å². The molecule has 0 amide bonds. The highest BCUT2D eigenvalue weighted by Gasteiger charge is 2.12. The molecule has 0 nitrogen and oxygen atoms in total. The monoisotopic (exact) mass is 249 g/mol. The van der Waals surface area contributed by atoms with Gasteiger partial charge in [-0.05, 0) is 29.3 Å². The van der Waals surface area contributed by atoms with Gasteiger partial charge < -0.3 is 0 Å². The normalized spacial score (nSPS) is 10.8. The third-order valence-electron chi connectivity index (χ3n) is 2.54. The minimum absolute atomic E-state index is 0.740. The zero-order valence-corrected chi connectivity index (χ0v) is 10.4. The van der Waals surface area contributed by atoms with Crippen LogP contribution in [0.3, 0.4) is 0 Å². The Hall–Kier alpha value is -0.980. The second-order valence-corrected chi connectivity index (χ2v) is 4.46. The molecule has 0 aliphatic carbocycles. The summed E-state index contributed by atoms with van der Waals surface area (Å²) in [7, 11) is 0. The van der Waals surface area contributed by atoms with Crippen LogP contribution in [0.15, 0.2) is 48.5 Å². The van der Waals surface area contributed by atoms with Gasteiger partial charge in [-0.25, -0.2) is 0 Å². The Labute approximate surface area is 106 Å². The lowest BCUT2D eigenvalue weighted by atomic mass is 9.93. The molecule has 0 fully saturated rings. The predicted molar refractivity (Wildman–Crippen MR) is 70.0 cm³/mol. The highest BCUT2D eigenvalue weighted by atomic mass is 35.5. The Bertz CT molecular complexity index is 492. The summed E-state index contributed by atoms with van der Waals surface area (Å²) in [5.74, 6) is 1.13. The van der Waals surface area contributed by atoms with E-state index in [0.29, 0.717) is 0 Å². The first-order chi connectivity index (χ1) is 7.68. The summed E-state index contributed by atoms with van der Waals surface area (Å²) >= 11 is 12.1. The first-order valence-corrected chi connectivity index (χ1v) is 5.78. The van der Waals surface area contributed by atoms with Gasteiger partial charge in [0.25, 0.3) is 0 Å². The number of halogens is 2. The number of rotatable bonds is 2. The molecule has 2 heteroatoms. The fourth-order valence-corrected chi connectivity index (χ4v) is 2.11. The van der Waals surface area contributed by atoms with Crippen LogP contribution in [0.2, 0.25) is 10.0 Å². The van der Waals surface area contributed by atoms with Gasteiger partial charge in [-0.15, -0.1) is 0 Å². The molecule has 1 radical (unpaired) electrons. The second-order valence-electron chi connectivity index (χ2n) is 3.62. The smallest absolute Gasteiger partial charge is 0.0447 e. The zero-order valence-electron chi connectivity index (χ0n) is 8.87. The molecule has 0 aliphatic heterocycles. The van der Waals surface area contributed by atoms with Crippen molar-refractivity contribution in [3.8, 4) is 0 Å². The van der Waals surface area contributed by atoms with E-state index < -0.39 is 0 Å². The van der Waals surface area contributed by atoms with Crippen molar-refractivity contribution in [3.63, 3.8) is 0 Å². The van der Waals surface area contributed by atoms with Gasteiger partial charge >= 0.3 is 0 Å². The van der Waals surface area contributed by atoms with Gasteiger partial charge in [0, 0.05) is 16.0 Å². The van der Waals surface area contributed by atoms with E-state index in [0.717, 1.165) is 27.1 Å². The maximum absolute atomic E-state index is 6.15. The lowest BCUT2D eigenvalue weighted by Crippen LogP contribution is -1.97. The van der Waals surface area contributed by atoms with Gasteiger partial charge in [-0.3, -0.25) is 0 Å². The van der Waals surface area contributed by atoms with Gasteiger partial charge in [0.1, 0.15) is 0 Å². The number of hydrogen-bond donors (Lipinski definition) is 0. The third-order valence-corrected chi connectivity index (χ3v) is 3.10. The Morgan fingerprint density at radius 3 is 2.38 bits per heavy atom. The van der Waals surface area contributed by atoms with Crippen molar-refractivity contribution in [3.05, 3.63) is 75.6 Å². The molecule has 0 saturated heterocycles. The van der Waals surface area contributed by atoms with E-state index in [9.17, 15) is 0 Å². The molecule has 0 aliphatic rings. The Morgan fingerprint density at radius 2 is 1.69 bits per heavy atom. The summed E-state index contributed by atoms with van der Waals surface area (Å²) in [5, 5.41) is 1.50. The minimum atomic E-state index is 0.740. The van der Waals surface area contributed by atoms with E-state index in [1.807, 2.05) is 55.5 Å². The van der Waals surface area contributed by atoms with Crippen molar-refractivity contribution >= 4 is 23.2 Å². The Morgan fingerprint density at radius 1 is 0.938 bits per heavy atom. The first kappa shape index (κ1) is 11.5. The van der Waals surface area contributed by atoms with Crippen molar-refractivity contribution in [2.75, 3.05) is 0 Å². The van der Waals surface area contributed by atoms with Crippen LogP contribution in [-0.4, -0.2) is 0 Å². The molecule has 0 unspecified atom stereocenters. The highest BCUT2D eigenvalue weighted by Crippen LogP contribution is 2.29. The van der Waals surface area contributed by atoms with E-state index in [1.165, 1.54) is 0 Å². The van der Waals surface area contributed by atoms with Crippen LogP contribution in [0.25, 0.3) is 0 Å². The molecule has 0 N–H and O–H groups in total.